The Hall–Kier alpha value is -3.52. The Balaban J connectivity index is 1.94. The van der Waals surface area contributed by atoms with Crippen LogP contribution >= 0.6 is 11.6 Å². The van der Waals surface area contributed by atoms with Crippen molar-refractivity contribution in [2.75, 3.05) is 13.7 Å². The summed E-state index contributed by atoms with van der Waals surface area (Å²) in [6.07, 6.45) is -0.324. The van der Waals surface area contributed by atoms with Crippen LogP contribution in [0, 0.1) is 0 Å². The van der Waals surface area contributed by atoms with Crippen LogP contribution in [-0.4, -0.2) is 40.5 Å². The van der Waals surface area contributed by atoms with Gasteiger partial charge in [-0.15, -0.1) is 0 Å². The molecule has 1 amide bonds. The number of hydrogen-bond acceptors (Lipinski definition) is 5. The summed E-state index contributed by atoms with van der Waals surface area (Å²) in [6, 6.07) is 14.6. The molecule has 9 heteroatoms. The summed E-state index contributed by atoms with van der Waals surface area (Å²) in [6.45, 7) is 2.17. The molecule has 8 nitrogen and oxygen atoms in total. The summed E-state index contributed by atoms with van der Waals surface area (Å²) in [4.78, 5) is 24.4. The van der Waals surface area contributed by atoms with Crippen molar-refractivity contribution in [3.63, 3.8) is 0 Å². The first-order valence-electron chi connectivity index (χ1n) is 9.58. The van der Waals surface area contributed by atoms with E-state index in [4.69, 9.17) is 21.1 Å². The number of benzene rings is 2. The third kappa shape index (κ3) is 5.16. The highest BCUT2D eigenvalue weighted by Gasteiger charge is 2.24. The molecule has 1 atom stereocenters. The van der Waals surface area contributed by atoms with Gasteiger partial charge in [0.2, 0.25) is 5.88 Å². The maximum atomic E-state index is 13.0. The molecule has 0 aliphatic heterocycles. The maximum absolute atomic E-state index is 13.0. The van der Waals surface area contributed by atoms with Crippen LogP contribution in [0.4, 0.5) is 0 Å². The van der Waals surface area contributed by atoms with E-state index in [1.165, 1.54) is 17.9 Å². The van der Waals surface area contributed by atoms with Gasteiger partial charge in [-0.3, -0.25) is 9.59 Å². The van der Waals surface area contributed by atoms with Gasteiger partial charge in [0.1, 0.15) is 5.75 Å². The number of methoxy groups -OCH3 is 1. The van der Waals surface area contributed by atoms with Gasteiger partial charge in [-0.1, -0.05) is 41.9 Å². The lowest BCUT2D eigenvalue weighted by Crippen LogP contribution is -2.30. The largest absolute Gasteiger partial charge is 0.496 e. The lowest BCUT2D eigenvalue weighted by atomic mass is 10.0. The number of nitrogens with zero attached hydrogens (tertiary/aromatic N) is 2. The molecule has 0 saturated carbocycles. The summed E-state index contributed by atoms with van der Waals surface area (Å²) in [7, 11) is 1.48. The summed E-state index contributed by atoms with van der Waals surface area (Å²) < 4.78 is 12.4. The van der Waals surface area contributed by atoms with Crippen LogP contribution in [0.15, 0.2) is 54.6 Å². The molecule has 0 fully saturated rings. The molecule has 2 aromatic carbocycles. The SMILES string of the molecule is CCOc1cc(C(=O)N[C@@H](CC(=O)O)c2ccccc2OC)nn1-c1ccccc1Cl. The smallest absolute Gasteiger partial charge is 0.305 e. The van der Waals surface area contributed by atoms with Gasteiger partial charge in [-0.2, -0.15) is 9.78 Å². The number of carbonyl (C=O) groups excluding carboxylic acids is 1. The molecule has 0 spiro atoms. The molecular weight excluding hydrogens is 422 g/mol. The van der Waals surface area contributed by atoms with E-state index in [1.54, 1.807) is 48.5 Å². The Morgan fingerprint density at radius 2 is 1.90 bits per heavy atom. The number of halogens is 1. The average molecular weight is 444 g/mol. The molecule has 0 aliphatic rings. The highest BCUT2D eigenvalue weighted by molar-refractivity contribution is 6.32. The summed E-state index contributed by atoms with van der Waals surface area (Å²) in [5.74, 6) is -0.796. The fourth-order valence-corrected chi connectivity index (χ4v) is 3.34. The zero-order chi connectivity index (χ0) is 22.4. The Morgan fingerprint density at radius 3 is 2.58 bits per heavy atom. The van der Waals surface area contributed by atoms with Crippen LogP contribution in [0.25, 0.3) is 5.69 Å². The van der Waals surface area contributed by atoms with Crippen LogP contribution in [0.3, 0.4) is 0 Å². The van der Waals surface area contributed by atoms with Crippen LogP contribution in [0.1, 0.15) is 35.4 Å². The van der Waals surface area contributed by atoms with E-state index in [0.717, 1.165) is 0 Å². The van der Waals surface area contributed by atoms with E-state index in [-0.39, 0.29) is 12.1 Å². The number of aliphatic carboxylic acids is 1. The number of nitrogens with one attached hydrogen (secondary N) is 1. The van der Waals surface area contributed by atoms with Gasteiger partial charge < -0.3 is 19.9 Å². The minimum atomic E-state index is -1.06. The van der Waals surface area contributed by atoms with Crippen LogP contribution in [-0.2, 0) is 4.79 Å². The fraction of sp³-hybridized carbons (Fsp3) is 0.227. The molecule has 1 heterocycles. The third-order valence-corrected chi connectivity index (χ3v) is 4.80. The van der Waals surface area contributed by atoms with E-state index >= 15 is 0 Å². The lowest BCUT2D eigenvalue weighted by Gasteiger charge is -2.19. The number of rotatable bonds is 9. The summed E-state index contributed by atoms with van der Waals surface area (Å²) >= 11 is 6.28. The summed E-state index contributed by atoms with van der Waals surface area (Å²) in [5, 5.41) is 16.9. The zero-order valence-electron chi connectivity index (χ0n) is 17.0. The van der Waals surface area contributed by atoms with Crippen molar-refractivity contribution >= 4 is 23.5 Å². The number of carbonyl (C=O) groups is 2. The van der Waals surface area contributed by atoms with E-state index in [9.17, 15) is 14.7 Å². The van der Waals surface area contributed by atoms with Gasteiger partial charge in [0, 0.05) is 11.6 Å². The quantitative estimate of drug-likeness (QED) is 0.520. The number of ether oxygens (including phenoxy) is 2. The van der Waals surface area contributed by atoms with Crippen LogP contribution < -0.4 is 14.8 Å². The molecule has 0 saturated heterocycles. The lowest BCUT2D eigenvalue weighted by molar-refractivity contribution is -0.137. The zero-order valence-corrected chi connectivity index (χ0v) is 17.8. The Morgan fingerprint density at radius 1 is 1.19 bits per heavy atom. The van der Waals surface area contributed by atoms with Crippen molar-refractivity contribution in [2.24, 2.45) is 0 Å². The molecule has 0 bridgehead atoms. The molecule has 1 aromatic heterocycles. The van der Waals surface area contributed by atoms with E-state index < -0.39 is 17.9 Å². The van der Waals surface area contributed by atoms with E-state index in [1.807, 2.05) is 6.92 Å². The van der Waals surface area contributed by atoms with Crippen molar-refractivity contribution in [1.82, 2.24) is 15.1 Å². The highest BCUT2D eigenvalue weighted by atomic mass is 35.5. The standard InChI is InChI=1S/C22H22ClN3O5/c1-3-31-20-12-17(25-26(20)18-10-6-5-9-15(18)23)22(29)24-16(13-21(27)28)14-8-4-7-11-19(14)30-2/h4-12,16H,3,13H2,1-2H3,(H,24,29)(H,27,28)/t16-/m0/s1. The Labute approximate surface area is 184 Å². The van der Waals surface area contributed by atoms with Gasteiger partial charge in [0.15, 0.2) is 5.69 Å². The van der Waals surface area contributed by atoms with Gasteiger partial charge in [0.25, 0.3) is 5.91 Å². The highest BCUT2D eigenvalue weighted by Crippen LogP contribution is 2.29. The first-order valence-corrected chi connectivity index (χ1v) is 9.95. The van der Waals surface area contributed by atoms with Crippen molar-refractivity contribution in [2.45, 2.75) is 19.4 Å². The number of hydrogen-bond donors (Lipinski definition) is 2. The molecule has 0 radical (unpaired) electrons. The first-order chi connectivity index (χ1) is 14.9. The van der Waals surface area contributed by atoms with Crippen LogP contribution in [0.5, 0.6) is 11.6 Å². The minimum Gasteiger partial charge on any atom is -0.496 e. The first kappa shape index (κ1) is 22.2. The minimum absolute atomic E-state index is 0.0636. The normalized spacial score (nSPS) is 11.6. The van der Waals surface area contributed by atoms with Gasteiger partial charge in [0.05, 0.1) is 36.9 Å². The number of carboxylic acids is 1. The van der Waals surface area contributed by atoms with Gasteiger partial charge >= 0.3 is 5.97 Å². The molecule has 162 valence electrons. The predicted molar refractivity (Wildman–Crippen MR) is 115 cm³/mol. The van der Waals surface area contributed by atoms with Gasteiger partial charge in [-0.25, -0.2) is 0 Å². The van der Waals surface area contributed by atoms with Crippen LogP contribution in [0.2, 0.25) is 5.02 Å². The molecule has 31 heavy (non-hydrogen) atoms. The van der Waals surface area contributed by atoms with E-state index in [2.05, 4.69) is 10.4 Å². The van der Waals surface area contributed by atoms with E-state index in [0.29, 0.717) is 34.5 Å². The topological polar surface area (TPSA) is 103 Å². The molecule has 3 rings (SSSR count). The van der Waals surface area contributed by atoms with Crippen molar-refractivity contribution in [3.8, 4) is 17.3 Å². The van der Waals surface area contributed by atoms with Crippen molar-refractivity contribution in [1.29, 1.82) is 0 Å². The third-order valence-electron chi connectivity index (χ3n) is 4.48. The Kier molecular flexibility index (Phi) is 7.15. The van der Waals surface area contributed by atoms with Crippen molar-refractivity contribution in [3.05, 3.63) is 70.9 Å². The Bertz CT molecular complexity index is 1080. The van der Waals surface area contributed by atoms with Gasteiger partial charge in [-0.05, 0) is 25.1 Å². The molecule has 2 N–H and O–H groups in total. The average Bonchev–Trinajstić information content (AvgIpc) is 3.17. The number of para-hydroxylation sites is 2. The second-order valence-corrected chi connectivity index (χ2v) is 6.94. The predicted octanol–water partition coefficient (Wildman–Crippen LogP) is 3.88. The second-order valence-electron chi connectivity index (χ2n) is 6.53. The molecular formula is C22H22ClN3O5. The second kappa shape index (κ2) is 9.99. The molecule has 0 aliphatic carbocycles. The monoisotopic (exact) mass is 443 g/mol. The maximum Gasteiger partial charge on any atom is 0.305 e. The number of amides is 1. The molecule has 3 aromatic rings. The number of carboxylic acid groups (broad SMARTS) is 1. The fourth-order valence-electron chi connectivity index (χ4n) is 3.12. The van der Waals surface area contributed by atoms with Crippen molar-refractivity contribution < 1.29 is 24.2 Å². The molecule has 0 unspecified atom stereocenters. The summed E-state index contributed by atoms with van der Waals surface area (Å²) in [5.41, 5.74) is 1.17. The number of aromatic nitrogens is 2.